The van der Waals surface area contributed by atoms with E-state index in [0.29, 0.717) is 12.0 Å². The van der Waals surface area contributed by atoms with E-state index in [9.17, 15) is 5.11 Å². The predicted octanol–water partition coefficient (Wildman–Crippen LogP) is -0.710. The minimum absolute atomic E-state index is 0.0568. The van der Waals surface area contributed by atoms with Gasteiger partial charge in [-0.3, -0.25) is 0 Å². The molecule has 2 N–H and O–H groups in total. The van der Waals surface area contributed by atoms with Crippen molar-refractivity contribution in [2.45, 2.75) is 32.4 Å². The molecule has 1 fully saturated rings. The Kier molecular flexibility index (Phi) is 2.32. The first-order chi connectivity index (χ1) is 4.63. The fraction of sp³-hybridized carbons (Fsp3) is 1.00. The zero-order chi connectivity index (χ0) is 7.72. The Morgan fingerprint density at radius 2 is 2.00 bits per heavy atom. The summed E-state index contributed by atoms with van der Waals surface area (Å²) in [7, 11) is 2.20. The highest BCUT2D eigenvalue weighted by molar-refractivity contribution is 4.72. The SMILES string of the molecule is CC1C(O)CC[NH+](C)C1C. The summed E-state index contributed by atoms with van der Waals surface area (Å²) in [5.74, 6) is 0.466. The lowest BCUT2D eigenvalue weighted by atomic mass is 9.90. The molecule has 0 aromatic rings. The zero-order valence-electron chi connectivity index (χ0n) is 7.09. The van der Waals surface area contributed by atoms with Crippen LogP contribution in [0.4, 0.5) is 0 Å². The maximum absolute atomic E-state index is 9.45. The molecule has 0 aromatic carbocycles. The Labute approximate surface area is 62.8 Å². The molecule has 0 radical (unpaired) electrons. The molecule has 1 saturated heterocycles. The summed E-state index contributed by atoms with van der Waals surface area (Å²) in [5.41, 5.74) is 0. The number of rotatable bonds is 0. The standard InChI is InChI=1S/C8H17NO/c1-6-7(2)9(3)5-4-8(6)10/h6-8,10H,4-5H2,1-3H3/p+1. The molecule has 60 valence electrons. The average Bonchev–Trinajstić information content (AvgIpc) is 1.93. The van der Waals surface area contributed by atoms with Crippen LogP contribution in [0.5, 0.6) is 0 Å². The van der Waals surface area contributed by atoms with E-state index in [1.54, 1.807) is 4.90 Å². The van der Waals surface area contributed by atoms with Crippen LogP contribution in [0.1, 0.15) is 20.3 Å². The van der Waals surface area contributed by atoms with Gasteiger partial charge in [0.15, 0.2) is 0 Å². The van der Waals surface area contributed by atoms with Crippen molar-refractivity contribution in [2.24, 2.45) is 5.92 Å². The molecule has 2 nitrogen and oxygen atoms in total. The third-order valence-corrected chi connectivity index (χ3v) is 3.01. The number of piperidine rings is 1. The van der Waals surface area contributed by atoms with E-state index in [2.05, 4.69) is 20.9 Å². The van der Waals surface area contributed by atoms with Gasteiger partial charge < -0.3 is 10.0 Å². The first-order valence-corrected chi connectivity index (χ1v) is 4.13. The molecule has 0 aromatic heterocycles. The van der Waals surface area contributed by atoms with Crippen LogP contribution in [0, 0.1) is 5.92 Å². The normalized spacial score (nSPS) is 49.2. The highest BCUT2D eigenvalue weighted by atomic mass is 16.3. The van der Waals surface area contributed by atoms with Gasteiger partial charge >= 0.3 is 0 Å². The molecule has 10 heavy (non-hydrogen) atoms. The lowest BCUT2D eigenvalue weighted by Gasteiger charge is -2.35. The summed E-state index contributed by atoms with van der Waals surface area (Å²) >= 11 is 0. The van der Waals surface area contributed by atoms with Gasteiger partial charge in [-0.1, -0.05) is 6.92 Å². The summed E-state index contributed by atoms with van der Waals surface area (Å²) in [6, 6.07) is 0.615. The van der Waals surface area contributed by atoms with Gasteiger partial charge in [0.05, 0.1) is 25.7 Å². The van der Waals surface area contributed by atoms with Crippen LogP contribution < -0.4 is 4.90 Å². The Hall–Kier alpha value is -0.0800. The Morgan fingerprint density at radius 3 is 2.50 bits per heavy atom. The molecule has 0 aliphatic carbocycles. The van der Waals surface area contributed by atoms with Crippen molar-refractivity contribution in [3.05, 3.63) is 0 Å². The molecule has 0 bridgehead atoms. The third kappa shape index (κ3) is 1.32. The summed E-state index contributed by atoms with van der Waals surface area (Å²) in [4.78, 5) is 1.55. The predicted molar refractivity (Wildman–Crippen MR) is 41.0 cm³/mol. The van der Waals surface area contributed by atoms with Gasteiger partial charge in [-0.15, -0.1) is 0 Å². The highest BCUT2D eigenvalue weighted by Gasteiger charge is 2.31. The van der Waals surface area contributed by atoms with Crippen LogP contribution in [0.15, 0.2) is 0 Å². The number of aliphatic hydroxyl groups is 1. The van der Waals surface area contributed by atoms with E-state index < -0.39 is 0 Å². The number of nitrogens with one attached hydrogen (secondary N) is 1. The molecule has 4 atom stereocenters. The third-order valence-electron chi connectivity index (χ3n) is 3.01. The maximum atomic E-state index is 9.45. The van der Waals surface area contributed by atoms with Crippen molar-refractivity contribution in [1.82, 2.24) is 0 Å². The second kappa shape index (κ2) is 2.89. The first-order valence-electron chi connectivity index (χ1n) is 4.13. The van der Waals surface area contributed by atoms with E-state index in [1.165, 1.54) is 0 Å². The lowest BCUT2D eigenvalue weighted by Crippen LogP contribution is -3.14. The second-order valence-electron chi connectivity index (χ2n) is 3.60. The molecule has 4 unspecified atom stereocenters. The molecule has 1 aliphatic heterocycles. The summed E-state index contributed by atoms with van der Waals surface area (Å²) in [5, 5.41) is 9.45. The van der Waals surface area contributed by atoms with Crippen LogP contribution in [0.3, 0.4) is 0 Å². The Bertz CT molecular complexity index is 102. The van der Waals surface area contributed by atoms with Gasteiger partial charge in [0, 0.05) is 12.3 Å². The molecule has 1 heterocycles. The average molecular weight is 144 g/mol. The molecule has 0 spiro atoms. The molecule has 0 saturated carbocycles. The van der Waals surface area contributed by atoms with Crippen molar-refractivity contribution in [1.29, 1.82) is 0 Å². The number of hydrogen-bond acceptors (Lipinski definition) is 1. The molecule has 1 aliphatic rings. The van der Waals surface area contributed by atoms with Crippen molar-refractivity contribution >= 4 is 0 Å². The fourth-order valence-electron chi connectivity index (χ4n) is 1.65. The van der Waals surface area contributed by atoms with Crippen LogP contribution in [0.2, 0.25) is 0 Å². The van der Waals surface area contributed by atoms with E-state index >= 15 is 0 Å². The summed E-state index contributed by atoms with van der Waals surface area (Å²) in [6.07, 6.45) is 0.913. The largest absolute Gasteiger partial charge is 0.392 e. The van der Waals surface area contributed by atoms with Gasteiger partial charge in [0.2, 0.25) is 0 Å². The minimum atomic E-state index is -0.0568. The molecule has 1 rings (SSSR count). The quantitative estimate of drug-likeness (QED) is 0.461. The van der Waals surface area contributed by atoms with Crippen molar-refractivity contribution in [2.75, 3.05) is 13.6 Å². The van der Waals surface area contributed by atoms with Crippen molar-refractivity contribution in [3.8, 4) is 0 Å². The topological polar surface area (TPSA) is 24.7 Å². The Balaban J connectivity index is 2.52. The smallest absolute Gasteiger partial charge is 0.0894 e. The van der Waals surface area contributed by atoms with Gasteiger partial charge in [-0.25, -0.2) is 0 Å². The molecule has 2 heteroatoms. The van der Waals surface area contributed by atoms with Gasteiger partial charge in [0.1, 0.15) is 0 Å². The summed E-state index contributed by atoms with van der Waals surface area (Å²) < 4.78 is 0. The van der Waals surface area contributed by atoms with E-state index in [0.717, 1.165) is 13.0 Å². The number of aliphatic hydroxyl groups excluding tert-OH is 1. The highest BCUT2D eigenvalue weighted by Crippen LogP contribution is 2.12. The van der Waals surface area contributed by atoms with Gasteiger partial charge in [-0.2, -0.15) is 0 Å². The lowest BCUT2D eigenvalue weighted by molar-refractivity contribution is -0.914. The van der Waals surface area contributed by atoms with Crippen molar-refractivity contribution < 1.29 is 10.0 Å². The van der Waals surface area contributed by atoms with Crippen LogP contribution in [-0.4, -0.2) is 30.8 Å². The van der Waals surface area contributed by atoms with Crippen LogP contribution in [0.25, 0.3) is 0 Å². The minimum Gasteiger partial charge on any atom is -0.392 e. The maximum Gasteiger partial charge on any atom is 0.0894 e. The fourth-order valence-corrected chi connectivity index (χ4v) is 1.65. The molecular formula is C8H18NO+. The van der Waals surface area contributed by atoms with Crippen LogP contribution in [-0.2, 0) is 0 Å². The number of quaternary nitrogens is 1. The monoisotopic (exact) mass is 144 g/mol. The zero-order valence-corrected chi connectivity index (χ0v) is 7.09. The summed E-state index contributed by atoms with van der Waals surface area (Å²) in [6.45, 7) is 5.47. The number of hydrogen-bond donors (Lipinski definition) is 2. The van der Waals surface area contributed by atoms with Gasteiger partial charge in [0.25, 0.3) is 0 Å². The van der Waals surface area contributed by atoms with E-state index in [4.69, 9.17) is 0 Å². The Morgan fingerprint density at radius 1 is 1.40 bits per heavy atom. The van der Waals surface area contributed by atoms with E-state index in [1.807, 2.05) is 0 Å². The first kappa shape index (κ1) is 8.02. The van der Waals surface area contributed by atoms with Gasteiger partial charge in [-0.05, 0) is 6.92 Å². The molecule has 0 amide bonds. The molecular weight excluding hydrogens is 126 g/mol. The van der Waals surface area contributed by atoms with E-state index in [-0.39, 0.29) is 6.10 Å². The second-order valence-corrected chi connectivity index (χ2v) is 3.60. The van der Waals surface area contributed by atoms with Crippen LogP contribution >= 0.6 is 0 Å². The van der Waals surface area contributed by atoms with Crippen molar-refractivity contribution in [3.63, 3.8) is 0 Å². The number of likely N-dealkylation sites (tertiary alicyclic amines) is 1.